The lowest BCUT2D eigenvalue weighted by atomic mass is 9.60. The van der Waals surface area contributed by atoms with Gasteiger partial charge in [0, 0.05) is 24.8 Å². The first-order valence-electron chi connectivity index (χ1n) is 7.72. The van der Waals surface area contributed by atoms with E-state index in [9.17, 15) is 14.7 Å². The number of aliphatic hydroxyl groups is 1. The topological polar surface area (TPSA) is 72.8 Å². The van der Waals surface area contributed by atoms with Crippen molar-refractivity contribution in [2.45, 2.75) is 45.5 Å². The largest absolute Gasteiger partial charge is 0.457 e. The first-order valence-corrected chi connectivity index (χ1v) is 7.72. The number of fused-ring (bicyclic) bond motifs is 4. The third-order valence-electron chi connectivity index (χ3n) is 6.12. The SMILES string of the molecule is C=C1[C@H]2C[C@H]2[C@]2(C)C[C@]3(O)OC(=O)C(C)=C3[C@H](OC(C)=O)[C@H]12. The van der Waals surface area contributed by atoms with Gasteiger partial charge in [0.1, 0.15) is 6.10 Å². The summed E-state index contributed by atoms with van der Waals surface area (Å²) in [7, 11) is 0. The van der Waals surface area contributed by atoms with Crippen molar-refractivity contribution in [1.29, 1.82) is 0 Å². The molecule has 0 bridgehead atoms. The minimum atomic E-state index is -1.65. The molecule has 1 N–H and O–H groups in total. The van der Waals surface area contributed by atoms with E-state index < -0.39 is 23.8 Å². The van der Waals surface area contributed by atoms with E-state index in [4.69, 9.17) is 9.47 Å². The molecule has 4 rings (SSSR count). The molecule has 0 spiro atoms. The van der Waals surface area contributed by atoms with Gasteiger partial charge in [0.05, 0.1) is 5.57 Å². The van der Waals surface area contributed by atoms with E-state index in [0.29, 0.717) is 29.4 Å². The smallest absolute Gasteiger partial charge is 0.336 e. The Morgan fingerprint density at radius 1 is 1.50 bits per heavy atom. The molecule has 0 radical (unpaired) electrons. The highest BCUT2D eigenvalue weighted by Crippen LogP contribution is 2.73. The fourth-order valence-corrected chi connectivity index (χ4v) is 5.24. The first-order chi connectivity index (χ1) is 10.2. The lowest BCUT2D eigenvalue weighted by Crippen LogP contribution is -2.54. The average molecular weight is 304 g/mol. The summed E-state index contributed by atoms with van der Waals surface area (Å²) < 4.78 is 10.8. The summed E-state index contributed by atoms with van der Waals surface area (Å²) in [6.45, 7) is 9.28. The summed E-state index contributed by atoms with van der Waals surface area (Å²) in [4.78, 5) is 23.6. The molecule has 0 aromatic rings. The van der Waals surface area contributed by atoms with Gasteiger partial charge in [0.25, 0.3) is 0 Å². The molecule has 5 nitrogen and oxygen atoms in total. The van der Waals surface area contributed by atoms with E-state index in [2.05, 4.69) is 13.5 Å². The van der Waals surface area contributed by atoms with Crippen molar-refractivity contribution >= 4 is 11.9 Å². The van der Waals surface area contributed by atoms with Crippen LogP contribution in [0.15, 0.2) is 23.3 Å². The first kappa shape index (κ1) is 14.0. The third kappa shape index (κ3) is 1.47. The van der Waals surface area contributed by atoms with Crippen molar-refractivity contribution in [2.24, 2.45) is 23.2 Å². The van der Waals surface area contributed by atoms with Crippen molar-refractivity contribution < 1.29 is 24.2 Å². The summed E-state index contributed by atoms with van der Waals surface area (Å²) >= 11 is 0. The Morgan fingerprint density at radius 2 is 2.18 bits per heavy atom. The molecule has 3 aliphatic carbocycles. The van der Waals surface area contributed by atoms with E-state index in [1.54, 1.807) is 6.92 Å². The van der Waals surface area contributed by atoms with Gasteiger partial charge in [-0.2, -0.15) is 0 Å². The molecular formula is C17H20O5. The predicted octanol–water partition coefficient (Wildman–Crippen LogP) is 1.71. The summed E-state index contributed by atoms with van der Waals surface area (Å²) in [6.07, 6.45) is 0.745. The van der Waals surface area contributed by atoms with Gasteiger partial charge in [-0.25, -0.2) is 4.79 Å². The molecule has 5 heteroatoms. The predicted molar refractivity (Wildman–Crippen MR) is 76.2 cm³/mol. The Bertz CT molecular complexity index is 662. The Labute approximate surface area is 129 Å². The molecule has 0 aromatic heterocycles. The van der Waals surface area contributed by atoms with Gasteiger partial charge in [-0.05, 0) is 30.6 Å². The Balaban J connectivity index is 1.88. The van der Waals surface area contributed by atoms with Crippen molar-refractivity contribution in [3.63, 3.8) is 0 Å². The number of hydrogen-bond acceptors (Lipinski definition) is 5. The molecule has 3 fully saturated rings. The van der Waals surface area contributed by atoms with E-state index in [0.717, 1.165) is 12.0 Å². The quantitative estimate of drug-likeness (QED) is 0.590. The van der Waals surface area contributed by atoms with Crippen molar-refractivity contribution in [1.82, 2.24) is 0 Å². The van der Waals surface area contributed by atoms with Crippen LogP contribution in [-0.2, 0) is 19.1 Å². The number of ether oxygens (including phenoxy) is 2. The van der Waals surface area contributed by atoms with Crippen molar-refractivity contribution in [3.05, 3.63) is 23.3 Å². The Hall–Kier alpha value is -1.62. The van der Waals surface area contributed by atoms with Gasteiger partial charge in [-0.15, -0.1) is 0 Å². The van der Waals surface area contributed by atoms with Crippen LogP contribution >= 0.6 is 0 Å². The van der Waals surface area contributed by atoms with E-state index in [1.165, 1.54) is 6.92 Å². The molecule has 118 valence electrons. The molecule has 0 amide bonds. The molecule has 0 unspecified atom stereocenters. The highest BCUT2D eigenvalue weighted by molar-refractivity contribution is 5.92. The molecule has 0 aromatic carbocycles. The number of carbonyl (C=O) groups excluding carboxylic acids is 2. The monoisotopic (exact) mass is 304 g/mol. The van der Waals surface area contributed by atoms with Crippen LogP contribution in [0, 0.1) is 23.2 Å². The minimum absolute atomic E-state index is 0.0557. The van der Waals surface area contributed by atoms with E-state index >= 15 is 0 Å². The normalized spacial score (nSPS) is 48.5. The van der Waals surface area contributed by atoms with Crippen LogP contribution in [0.4, 0.5) is 0 Å². The molecular weight excluding hydrogens is 284 g/mol. The van der Waals surface area contributed by atoms with Gasteiger partial charge in [-0.1, -0.05) is 19.1 Å². The van der Waals surface area contributed by atoms with Gasteiger partial charge in [-0.3, -0.25) is 4.79 Å². The second kappa shape index (κ2) is 3.82. The van der Waals surface area contributed by atoms with E-state index in [1.807, 2.05) is 0 Å². The molecule has 22 heavy (non-hydrogen) atoms. The standard InChI is InChI=1S/C17H20O5/c1-7-10-5-11(10)16(4)6-17(20)13(8(2)15(19)22-17)14(12(7)16)21-9(3)18/h10-12,14,20H,1,5-6H2,2-4H3/t10-,11-,12+,14-,16+,17+/m1/s1. The van der Waals surface area contributed by atoms with Crippen LogP contribution in [0.3, 0.4) is 0 Å². The summed E-state index contributed by atoms with van der Waals surface area (Å²) in [5.74, 6) is -1.80. The maximum absolute atomic E-state index is 12.0. The van der Waals surface area contributed by atoms with Crippen LogP contribution in [-0.4, -0.2) is 28.9 Å². The fraction of sp³-hybridized carbons (Fsp3) is 0.647. The van der Waals surface area contributed by atoms with Gasteiger partial charge < -0.3 is 14.6 Å². The highest BCUT2D eigenvalue weighted by Gasteiger charge is 2.72. The van der Waals surface area contributed by atoms with Crippen LogP contribution in [0.25, 0.3) is 0 Å². The summed E-state index contributed by atoms with van der Waals surface area (Å²) in [6, 6.07) is 0. The fourth-order valence-electron chi connectivity index (χ4n) is 5.24. The molecule has 1 heterocycles. The van der Waals surface area contributed by atoms with E-state index in [-0.39, 0.29) is 11.3 Å². The highest BCUT2D eigenvalue weighted by atomic mass is 16.7. The molecule has 3 saturated carbocycles. The van der Waals surface area contributed by atoms with Crippen LogP contribution in [0.5, 0.6) is 0 Å². The lowest BCUT2D eigenvalue weighted by Gasteiger charge is -2.49. The van der Waals surface area contributed by atoms with Crippen LogP contribution in [0.1, 0.15) is 33.6 Å². The zero-order valence-electron chi connectivity index (χ0n) is 13.0. The molecule has 0 saturated heterocycles. The zero-order chi connectivity index (χ0) is 16.0. The average Bonchev–Trinajstić information content (AvgIpc) is 3.08. The summed E-state index contributed by atoms with van der Waals surface area (Å²) in [5, 5.41) is 10.9. The zero-order valence-corrected chi connectivity index (χ0v) is 13.0. The minimum Gasteiger partial charge on any atom is -0.457 e. The molecule has 6 atom stereocenters. The summed E-state index contributed by atoms with van der Waals surface area (Å²) in [5.41, 5.74) is 1.59. The Kier molecular flexibility index (Phi) is 2.43. The number of rotatable bonds is 1. The van der Waals surface area contributed by atoms with Crippen LogP contribution < -0.4 is 0 Å². The van der Waals surface area contributed by atoms with Gasteiger partial charge >= 0.3 is 11.9 Å². The third-order valence-corrected chi connectivity index (χ3v) is 6.12. The Morgan fingerprint density at radius 3 is 2.82 bits per heavy atom. The van der Waals surface area contributed by atoms with Crippen molar-refractivity contribution in [2.75, 3.05) is 0 Å². The molecule has 1 aliphatic heterocycles. The van der Waals surface area contributed by atoms with Crippen molar-refractivity contribution in [3.8, 4) is 0 Å². The lowest BCUT2D eigenvalue weighted by molar-refractivity contribution is -0.214. The number of carbonyl (C=O) groups is 2. The van der Waals surface area contributed by atoms with Gasteiger partial charge in [0.15, 0.2) is 0 Å². The second-order valence-corrected chi connectivity index (χ2v) is 7.43. The van der Waals surface area contributed by atoms with Crippen LogP contribution in [0.2, 0.25) is 0 Å². The second-order valence-electron chi connectivity index (χ2n) is 7.43. The number of esters is 2. The number of hydrogen-bond donors (Lipinski definition) is 1. The molecule has 4 aliphatic rings. The maximum Gasteiger partial charge on any atom is 0.336 e. The van der Waals surface area contributed by atoms with Gasteiger partial charge in [0.2, 0.25) is 5.79 Å². The maximum atomic E-state index is 12.0.